The molecule has 21 heavy (non-hydrogen) atoms. The monoisotopic (exact) mass is 279 g/mol. The van der Waals surface area contributed by atoms with Gasteiger partial charge >= 0.3 is 0 Å². The molecule has 2 aromatic rings. The first-order valence-electron chi connectivity index (χ1n) is 7.97. The van der Waals surface area contributed by atoms with Crippen molar-refractivity contribution in [3.05, 3.63) is 59.2 Å². The van der Waals surface area contributed by atoms with Crippen LogP contribution in [0.2, 0.25) is 0 Å². The molecule has 0 aliphatic heterocycles. The summed E-state index contributed by atoms with van der Waals surface area (Å²) < 4.78 is 0. The van der Waals surface area contributed by atoms with Gasteiger partial charge in [0.1, 0.15) is 5.82 Å². The Hall–Kier alpha value is -1.74. The fraction of sp³-hybridized carbons (Fsp3) is 0.444. The van der Waals surface area contributed by atoms with E-state index in [-0.39, 0.29) is 11.5 Å². The Morgan fingerprint density at radius 3 is 2.62 bits per heavy atom. The van der Waals surface area contributed by atoms with Crippen molar-refractivity contribution >= 4 is 0 Å². The molecule has 1 aromatic carbocycles. The number of aryl methyl sites for hydroxylation is 1. The number of nitrogens with zero attached hydrogens (tertiary/aromatic N) is 2. The van der Waals surface area contributed by atoms with Crippen LogP contribution in [0, 0.1) is 0 Å². The third kappa shape index (κ3) is 1.99. The van der Waals surface area contributed by atoms with E-state index in [9.17, 15) is 0 Å². The lowest BCUT2D eigenvalue weighted by atomic mass is 9.63. The largest absolute Gasteiger partial charge is 0.324 e. The third-order valence-electron chi connectivity index (χ3n) is 5.19. The van der Waals surface area contributed by atoms with E-state index in [4.69, 9.17) is 15.7 Å². The van der Waals surface area contributed by atoms with Gasteiger partial charge < -0.3 is 5.73 Å². The van der Waals surface area contributed by atoms with E-state index < -0.39 is 0 Å². The highest BCUT2D eigenvalue weighted by Gasteiger charge is 2.43. The number of hydrogen-bond acceptors (Lipinski definition) is 3. The molecule has 1 atom stereocenters. The van der Waals surface area contributed by atoms with Crippen molar-refractivity contribution in [2.45, 2.75) is 50.0 Å². The summed E-state index contributed by atoms with van der Waals surface area (Å²) in [4.78, 5) is 9.67. The van der Waals surface area contributed by atoms with Crippen LogP contribution in [0.4, 0.5) is 0 Å². The summed E-state index contributed by atoms with van der Waals surface area (Å²) in [6.45, 7) is 0. The maximum Gasteiger partial charge on any atom is 0.139 e. The van der Waals surface area contributed by atoms with Crippen molar-refractivity contribution in [2.75, 3.05) is 0 Å². The molecule has 1 fully saturated rings. The molecule has 1 aromatic heterocycles. The van der Waals surface area contributed by atoms with Crippen LogP contribution >= 0.6 is 0 Å². The average Bonchev–Trinajstić information content (AvgIpc) is 2.47. The number of aromatic nitrogens is 2. The first kappa shape index (κ1) is 13.0. The molecule has 1 saturated carbocycles. The van der Waals surface area contributed by atoms with Crippen LogP contribution < -0.4 is 5.73 Å². The molecule has 2 aliphatic rings. The molecule has 0 bridgehead atoms. The number of nitrogens with two attached hydrogens (primary N) is 1. The molecule has 0 radical (unpaired) electrons. The second-order valence-electron chi connectivity index (χ2n) is 6.40. The second kappa shape index (κ2) is 4.92. The Morgan fingerprint density at radius 2 is 1.90 bits per heavy atom. The predicted molar refractivity (Wildman–Crippen MR) is 83.0 cm³/mol. The summed E-state index contributed by atoms with van der Waals surface area (Å²) >= 11 is 0. The fourth-order valence-electron chi connectivity index (χ4n) is 3.74. The highest BCUT2D eigenvalue weighted by Crippen LogP contribution is 2.47. The molecule has 0 spiro atoms. The summed E-state index contributed by atoms with van der Waals surface area (Å²) in [6.07, 6.45) is 8.80. The van der Waals surface area contributed by atoms with Crippen LogP contribution in [0.15, 0.2) is 36.5 Å². The molecule has 1 heterocycles. The fourth-order valence-corrected chi connectivity index (χ4v) is 3.74. The standard InChI is InChI=1S/C18H21N3/c19-15-8-4-9-16-14(15)12-20-17(21-16)18(10-5-11-18)13-6-2-1-3-7-13/h1-3,6-7,12,15H,4-5,8-11,19H2. The van der Waals surface area contributed by atoms with E-state index >= 15 is 0 Å². The molecule has 2 N–H and O–H groups in total. The molecule has 2 aliphatic carbocycles. The molecule has 3 heteroatoms. The van der Waals surface area contributed by atoms with E-state index in [0.29, 0.717) is 0 Å². The molecule has 108 valence electrons. The SMILES string of the molecule is NC1CCCc2nc(C3(c4ccccc4)CCC3)ncc21. The van der Waals surface area contributed by atoms with Gasteiger partial charge in [0, 0.05) is 23.5 Å². The van der Waals surface area contributed by atoms with Crippen molar-refractivity contribution in [3.63, 3.8) is 0 Å². The van der Waals surface area contributed by atoms with Crippen molar-refractivity contribution in [1.82, 2.24) is 9.97 Å². The van der Waals surface area contributed by atoms with Gasteiger partial charge in [0.15, 0.2) is 0 Å². The van der Waals surface area contributed by atoms with E-state index in [1.807, 2.05) is 6.20 Å². The maximum absolute atomic E-state index is 6.18. The van der Waals surface area contributed by atoms with Crippen molar-refractivity contribution < 1.29 is 0 Å². The van der Waals surface area contributed by atoms with Gasteiger partial charge in [-0.05, 0) is 37.7 Å². The van der Waals surface area contributed by atoms with Crippen LogP contribution in [0.3, 0.4) is 0 Å². The first-order valence-corrected chi connectivity index (χ1v) is 7.97. The number of benzene rings is 1. The summed E-state index contributed by atoms with van der Waals surface area (Å²) in [5, 5.41) is 0. The minimum absolute atomic E-state index is 0.0395. The predicted octanol–water partition coefficient (Wildman–Crippen LogP) is 3.28. The normalized spacial score (nSPS) is 23.2. The van der Waals surface area contributed by atoms with Crippen molar-refractivity contribution in [2.24, 2.45) is 5.73 Å². The highest BCUT2D eigenvalue weighted by molar-refractivity contribution is 5.37. The zero-order chi connectivity index (χ0) is 14.3. The van der Waals surface area contributed by atoms with Gasteiger partial charge in [0.2, 0.25) is 0 Å². The van der Waals surface area contributed by atoms with Crippen LogP contribution in [0.1, 0.15) is 60.8 Å². The molecule has 3 nitrogen and oxygen atoms in total. The van der Waals surface area contributed by atoms with Gasteiger partial charge in [-0.2, -0.15) is 0 Å². The van der Waals surface area contributed by atoms with E-state index in [0.717, 1.165) is 43.5 Å². The van der Waals surface area contributed by atoms with Gasteiger partial charge in [0.05, 0.1) is 5.41 Å². The second-order valence-corrected chi connectivity index (χ2v) is 6.40. The lowest BCUT2D eigenvalue weighted by molar-refractivity contribution is 0.283. The van der Waals surface area contributed by atoms with Gasteiger partial charge in [0.25, 0.3) is 0 Å². The first-order chi connectivity index (χ1) is 10.3. The smallest absolute Gasteiger partial charge is 0.139 e. The van der Waals surface area contributed by atoms with Gasteiger partial charge in [-0.3, -0.25) is 0 Å². The summed E-state index contributed by atoms with van der Waals surface area (Å²) in [7, 11) is 0. The average molecular weight is 279 g/mol. The summed E-state index contributed by atoms with van der Waals surface area (Å²) in [5.74, 6) is 1.01. The molecule has 4 rings (SSSR count). The Kier molecular flexibility index (Phi) is 3.03. The molecule has 1 unspecified atom stereocenters. The molecule has 0 saturated heterocycles. The third-order valence-corrected chi connectivity index (χ3v) is 5.19. The number of rotatable bonds is 2. The summed E-state index contributed by atoms with van der Waals surface area (Å²) in [5.41, 5.74) is 9.92. The molecular formula is C18H21N3. The van der Waals surface area contributed by atoms with Crippen LogP contribution in [0.5, 0.6) is 0 Å². The van der Waals surface area contributed by atoms with Crippen LogP contribution in [-0.4, -0.2) is 9.97 Å². The van der Waals surface area contributed by atoms with Gasteiger partial charge in [-0.25, -0.2) is 9.97 Å². The summed E-state index contributed by atoms with van der Waals surface area (Å²) in [6, 6.07) is 10.9. The van der Waals surface area contributed by atoms with E-state index in [1.54, 1.807) is 0 Å². The zero-order valence-corrected chi connectivity index (χ0v) is 12.3. The lowest BCUT2D eigenvalue weighted by Gasteiger charge is -2.41. The van der Waals surface area contributed by atoms with E-state index in [1.165, 1.54) is 17.7 Å². The lowest BCUT2D eigenvalue weighted by Crippen LogP contribution is -2.38. The Bertz CT molecular complexity index is 647. The zero-order valence-electron chi connectivity index (χ0n) is 12.3. The topological polar surface area (TPSA) is 51.8 Å². The maximum atomic E-state index is 6.18. The van der Waals surface area contributed by atoms with Crippen molar-refractivity contribution in [3.8, 4) is 0 Å². The van der Waals surface area contributed by atoms with Gasteiger partial charge in [-0.1, -0.05) is 36.8 Å². The number of fused-ring (bicyclic) bond motifs is 1. The van der Waals surface area contributed by atoms with Crippen molar-refractivity contribution in [1.29, 1.82) is 0 Å². The minimum Gasteiger partial charge on any atom is -0.324 e. The Morgan fingerprint density at radius 1 is 1.10 bits per heavy atom. The molecule has 0 amide bonds. The van der Waals surface area contributed by atoms with E-state index in [2.05, 4.69) is 30.3 Å². The van der Waals surface area contributed by atoms with Gasteiger partial charge in [-0.15, -0.1) is 0 Å². The number of hydrogen-bond donors (Lipinski definition) is 1. The Labute approximate surface area is 125 Å². The van der Waals surface area contributed by atoms with Crippen LogP contribution in [0.25, 0.3) is 0 Å². The highest BCUT2D eigenvalue weighted by atomic mass is 14.9. The minimum atomic E-state index is 0.0395. The molecular weight excluding hydrogens is 258 g/mol. The van der Waals surface area contributed by atoms with Crippen LogP contribution in [-0.2, 0) is 11.8 Å². The Balaban J connectivity index is 1.79. The quantitative estimate of drug-likeness (QED) is 0.917.